The molecular weight excluding hydrogens is 308 g/mol. The summed E-state index contributed by atoms with van der Waals surface area (Å²) < 4.78 is 7.82. The highest BCUT2D eigenvalue weighted by molar-refractivity contribution is 5.95. The topological polar surface area (TPSA) is 26.2 Å². The van der Waals surface area contributed by atoms with Crippen molar-refractivity contribution in [3.8, 4) is 5.75 Å². The summed E-state index contributed by atoms with van der Waals surface area (Å²) in [7, 11) is 1.72. The third kappa shape index (κ3) is 2.96. The lowest BCUT2D eigenvalue weighted by molar-refractivity contribution is 0.414. The first-order valence-corrected chi connectivity index (χ1v) is 8.89. The lowest BCUT2D eigenvalue weighted by atomic mass is 9.97. The number of rotatable bonds is 4. The molecule has 0 saturated heterocycles. The van der Waals surface area contributed by atoms with Gasteiger partial charge in [0, 0.05) is 35.2 Å². The van der Waals surface area contributed by atoms with Crippen molar-refractivity contribution < 1.29 is 4.74 Å². The molecule has 2 heterocycles. The van der Waals surface area contributed by atoms with Crippen LogP contribution in [0, 0.1) is 6.92 Å². The maximum atomic E-state index is 5.39. The Morgan fingerprint density at radius 2 is 2.00 bits per heavy atom. The summed E-state index contributed by atoms with van der Waals surface area (Å²) in [4.78, 5) is 0. The molecule has 2 aromatic carbocycles. The molecule has 0 saturated carbocycles. The van der Waals surface area contributed by atoms with Crippen molar-refractivity contribution in [2.75, 3.05) is 20.2 Å². The summed E-state index contributed by atoms with van der Waals surface area (Å²) in [5, 5.41) is 4.77. The van der Waals surface area contributed by atoms with Crippen molar-refractivity contribution in [2.45, 2.75) is 19.9 Å². The van der Waals surface area contributed by atoms with E-state index in [0.717, 1.165) is 31.8 Å². The monoisotopic (exact) mass is 332 g/mol. The first kappa shape index (κ1) is 16.0. The van der Waals surface area contributed by atoms with E-state index in [1.807, 2.05) is 6.07 Å². The fourth-order valence-electron chi connectivity index (χ4n) is 3.84. The van der Waals surface area contributed by atoms with Gasteiger partial charge in [0.1, 0.15) is 5.75 Å². The largest absolute Gasteiger partial charge is 0.497 e. The Labute approximate surface area is 148 Å². The summed E-state index contributed by atoms with van der Waals surface area (Å²) in [6.07, 6.45) is 3.43. The predicted molar refractivity (Wildman–Crippen MR) is 104 cm³/mol. The standard InChI is InChI=1S/C22H24N2O/c1-16-22(18-10-12-23-13-11-18)20-8-3-4-9-21(20)24(16)15-17-6-5-7-19(14-17)25-2/h3-10,14,23H,11-13,15H2,1-2H3. The molecule has 1 aliphatic rings. The molecule has 0 bridgehead atoms. The van der Waals surface area contributed by atoms with E-state index in [-0.39, 0.29) is 0 Å². The molecule has 1 aromatic heterocycles. The zero-order valence-electron chi connectivity index (χ0n) is 14.9. The van der Waals surface area contributed by atoms with Gasteiger partial charge in [-0.2, -0.15) is 0 Å². The zero-order valence-corrected chi connectivity index (χ0v) is 14.9. The maximum absolute atomic E-state index is 5.39. The predicted octanol–water partition coefficient (Wildman–Crippen LogP) is 4.38. The second kappa shape index (κ2) is 6.77. The molecule has 3 heteroatoms. The average molecular weight is 332 g/mol. The summed E-state index contributed by atoms with van der Waals surface area (Å²) in [6.45, 7) is 5.12. The molecule has 0 atom stereocenters. The first-order valence-electron chi connectivity index (χ1n) is 8.89. The second-order valence-corrected chi connectivity index (χ2v) is 6.60. The first-order chi connectivity index (χ1) is 12.3. The lowest BCUT2D eigenvalue weighted by Crippen LogP contribution is -2.20. The van der Waals surface area contributed by atoms with Gasteiger partial charge in [0.2, 0.25) is 0 Å². The molecule has 1 aliphatic heterocycles. The van der Waals surface area contributed by atoms with Gasteiger partial charge in [-0.1, -0.05) is 36.4 Å². The highest BCUT2D eigenvalue weighted by Crippen LogP contribution is 2.34. The Morgan fingerprint density at radius 3 is 2.80 bits per heavy atom. The third-order valence-corrected chi connectivity index (χ3v) is 5.09. The van der Waals surface area contributed by atoms with E-state index in [9.17, 15) is 0 Å². The number of nitrogens with one attached hydrogen (secondary N) is 1. The smallest absolute Gasteiger partial charge is 0.119 e. The zero-order chi connectivity index (χ0) is 17.2. The van der Waals surface area contributed by atoms with Crippen LogP contribution in [0.5, 0.6) is 5.75 Å². The molecule has 3 nitrogen and oxygen atoms in total. The van der Waals surface area contributed by atoms with Gasteiger partial charge in [0.05, 0.1) is 7.11 Å². The van der Waals surface area contributed by atoms with Gasteiger partial charge in [0.15, 0.2) is 0 Å². The van der Waals surface area contributed by atoms with E-state index in [4.69, 9.17) is 4.74 Å². The van der Waals surface area contributed by atoms with Crippen molar-refractivity contribution in [1.82, 2.24) is 9.88 Å². The minimum absolute atomic E-state index is 0.856. The van der Waals surface area contributed by atoms with E-state index in [1.165, 1.54) is 33.3 Å². The van der Waals surface area contributed by atoms with Gasteiger partial charge in [-0.3, -0.25) is 0 Å². The molecule has 0 unspecified atom stereocenters. The Balaban J connectivity index is 1.83. The highest BCUT2D eigenvalue weighted by atomic mass is 16.5. The number of hydrogen-bond acceptors (Lipinski definition) is 2. The number of fused-ring (bicyclic) bond motifs is 1. The van der Waals surface area contributed by atoms with Crippen LogP contribution >= 0.6 is 0 Å². The molecule has 4 rings (SSSR count). The molecule has 25 heavy (non-hydrogen) atoms. The van der Waals surface area contributed by atoms with Crippen molar-refractivity contribution in [1.29, 1.82) is 0 Å². The van der Waals surface area contributed by atoms with Gasteiger partial charge < -0.3 is 14.6 Å². The van der Waals surface area contributed by atoms with Gasteiger partial charge in [0.25, 0.3) is 0 Å². The molecule has 3 aromatic rings. The fourth-order valence-corrected chi connectivity index (χ4v) is 3.84. The van der Waals surface area contributed by atoms with Crippen LogP contribution in [-0.4, -0.2) is 24.8 Å². The number of aromatic nitrogens is 1. The van der Waals surface area contributed by atoms with Crippen LogP contribution in [-0.2, 0) is 6.54 Å². The summed E-state index contributed by atoms with van der Waals surface area (Å²) >= 11 is 0. The number of methoxy groups -OCH3 is 1. The number of hydrogen-bond donors (Lipinski definition) is 1. The Morgan fingerprint density at radius 1 is 1.12 bits per heavy atom. The van der Waals surface area contributed by atoms with E-state index in [1.54, 1.807) is 7.11 Å². The quantitative estimate of drug-likeness (QED) is 0.767. The van der Waals surface area contributed by atoms with E-state index in [0.29, 0.717) is 0 Å². The molecule has 1 N–H and O–H groups in total. The van der Waals surface area contributed by atoms with Crippen LogP contribution in [0.4, 0.5) is 0 Å². The van der Waals surface area contributed by atoms with Crippen LogP contribution in [0.3, 0.4) is 0 Å². The van der Waals surface area contributed by atoms with Gasteiger partial charge in [-0.05, 0) is 49.2 Å². The van der Waals surface area contributed by atoms with Crippen LogP contribution in [0.1, 0.15) is 23.2 Å². The van der Waals surface area contributed by atoms with E-state index >= 15 is 0 Å². The average Bonchev–Trinajstić information content (AvgIpc) is 2.94. The molecule has 128 valence electrons. The molecule has 0 fully saturated rings. The van der Waals surface area contributed by atoms with E-state index in [2.05, 4.69) is 65.3 Å². The Bertz CT molecular complexity index is 936. The number of para-hydroxylation sites is 1. The normalized spacial score (nSPS) is 14.6. The molecule has 0 spiro atoms. The van der Waals surface area contributed by atoms with Crippen LogP contribution in [0.15, 0.2) is 54.6 Å². The summed E-state index contributed by atoms with van der Waals surface area (Å²) in [5.41, 5.74) is 6.79. The van der Waals surface area contributed by atoms with Crippen molar-refractivity contribution in [3.63, 3.8) is 0 Å². The molecule has 0 aliphatic carbocycles. The fraction of sp³-hybridized carbons (Fsp3) is 0.273. The highest BCUT2D eigenvalue weighted by Gasteiger charge is 2.18. The van der Waals surface area contributed by atoms with Crippen molar-refractivity contribution >= 4 is 16.5 Å². The van der Waals surface area contributed by atoms with Gasteiger partial charge in [-0.15, -0.1) is 0 Å². The minimum atomic E-state index is 0.856. The van der Waals surface area contributed by atoms with Crippen molar-refractivity contribution in [2.24, 2.45) is 0 Å². The SMILES string of the molecule is COc1cccc(Cn2c(C)c(C3=CCNCC3)c3ccccc32)c1. The van der Waals surface area contributed by atoms with Crippen LogP contribution < -0.4 is 10.1 Å². The Kier molecular flexibility index (Phi) is 4.33. The van der Waals surface area contributed by atoms with Gasteiger partial charge >= 0.3 is 0 Å². The third-order valence-electron chi connectivity index (χ3n) is 5.09. The van der Waals surface area contributed by atoms with E-state index < -0.39 is 0 Å². The van der Waals surface area contributed by atoms with Crippen LogP contribution in [0.25, 0.3) is 16.5 Å². The van der Waals surface area contributed by atoms with Crippen molar-refractivity contribution in [3.05, 3.63) is 71.4 Å². The maximum Gasteiger partial charge on any atom is 0.119 e. The lowest BCUT2D eigenvalue weighted by Gasteiger charge is -2.15. The second-order valence-electron chi connectivity index (χ2n) is 6.60. The van der Waals surface area contributed by atoms with Gasteiger partial charge in [-0.25, -0.2) is 0 Å². The number of benzene rings is 2. The molecule has 0 amide bonds. The molecular formula is C22H24N2O. The Hall–Kier alpha value is -2.52. The van der Waals surface area contributed by atoms with Crippen LogP contribution in [0.2, 0.25) is 0 Å². The molecule has 0 radical (unpaired) electrons. The number of ether oxygens (including phenoxy) is 1. The summed E-state index contributed by atoms with van der Waals surface area (Å²) in [5.74, 6) is 0.910. The summed E-state index contributed by atoms with van der Waals surface area (Å²) in [6, 6.07) is 17.1. The minimum Gasteiger partial charge on any atom is -0.497 e. The number of nitrogens with zero attached hydrogens (tertiary/aromatic N) is 1.